The Labute approximate surface area is 43.5 Å². The van der Waals surface area contributed by atoms with Gasteiger partial charge in [0.1, 0.15) is 0 Å². The van der Waals surface area contributed by atoms with Crippen LogP contribution < -0.4 is 0 Å². The molecule has 0 unspecified atom stereocenters. The van der Waals surface area contributed by atoms with Crippen LogP contribution in [0.5, 0.6) is 0 Å². The summed E-state index contributed by atoms with van der Waals surface area (Å²) in [4.78, 5) is 9.13. The Morgan fingerprint density at radius 1 is 1.80 bits per heavy atom. The van der Waals surface area contributed by atoms with Gasteiger partial charge in [0.2, 0.25) is 0 Å². The van der Waals surface area contributed by atoms with E-state index in [1.807, 2.05) is 22.6 Å². The van der Waals surface area contributed by atoms with Gasteiger partial charge in [-0.1, -0.05) is 0 Å². The first-order chi connectivity index (χ1) is 2.41. The summed E-state index contributed by atoms with van der Waals surface area (Å²) in [6.45, 7) is 0. The van der Waals surface area contributed by atoms with E-state index in [2.05, 4.69) is 5.73 Å². The van der Waals surface area contributed by atoms with Crippen LogP contribution in [0.3, 0.4) is 0 Å². The summed E-state index contributed by atoms with van der Waals surface area (Å²) >= 11 is 1.89. The van der Waals surface area contributed by atoms with Gasteiger partial charge in [-0.25, -0.2) is 4.79 Å². The standard InChI is InChI=1S/C3HIO/c4-2-1-3-5/h2H. The highest BCUT2D eigenvalue weighted by Gasteiger charge is 1.36. The van der Waals surface area contributed by atoms with Gasteiger partial charge in [0.05, 0.1) is 0 Å². The van der Waals surface area contributed by atoms with Crippen LogP contribution in [0.25, 0.3) is 0 Å². The Balaban J connectivity index is 3.75. The lowest BCUT2D eigenvalue weighted by Gasteiger charge is -1.33. The third-order valence-electron chi connectivity index (χ3n) is 0.113. The number of halogens is 1. The van der Waals surface area contributed by atoms with Crippen molar-refractivity contribution in [2.24, 2.45) is 0 Å². The lowest BCUT2D eigenvalue weighted by molar-refractivity contribution is 0.569. The highest BCUT2D eigenvalue weighted by atomic mass is 127. The van der Waals surface area contributed by atoms with Crippen LogP contribution in [0.1, 0.15) is 0 Å². The van der Waals surface area contributed by atoms with Crippen molar-refractivity contribution in [3.63, 3.8) is 0 Å². The van der Waals surface area contributed by atoms with Crippen molar-refractivity contribution in [3.8, 4) is 0 Å². The molecule has 0 spiro atoms. The topological polar surface area (TPSA) is 17.1 Å². The molecule has 0 aliphatic carbocycles. The minimum absolute atomic E-state index is 1.45. The zero-order valence-corrected chi connectivity index (χ0v) is 4.52. The number of hydrogen-bond donors (Lipinski definition) is 0. The van der Waals surface area contributed by atoms with Crippen LogP contribution in [0, 0.1) is 0 Å². The molecule has 1 nitrogen and oxygen atoms in total. The van der Waals surface area contributed by atoms with E-state index in [9.17, 15) is 0 Å². The molecule has 0 saturated heterocycles. The molecule has 5 heavy (non-hydrogen) atoms. The zero-order chi connectivity index (χ0) is 4.12. The van der Waals surface area contributed by atoms with Gasteiger partial charge in [-0.05, 0) is 28.3 Å². The molecule has 0 radical (unpaired) electrons. The van der Waals surface area contributed by atoms with E-state index in [1.54, 1.807) is 0 Å². The van der Waals surface area contributed by atoms with Gasteiger partial charge < -0.3 is 0 Å². The van der Waals surface area contributed by atoms with Crippen LogP contribution in [-0.4, -0.2) is 5.94 Å². The molecular formula is C3HIO. The van der Waals surface area contributed by atoms with Crippen LogP contribution in [0.4, 0.5) is 0 Å². The molecule has 0 N–H and O–H groups in total. The molecule has 26 valence electrons. The minimum atomic E-state index is 1.45. The van der Waals surface area contributed by atoms with Gasteiger partial charge in [-0.15, -0.1) is 0 Å². The largest absolute Gasteiger partial charge is 0.224 e. The second kappa shape index (κ2) is 3.96. The fraction of sp³-hybridized carbons (Fsp3) is 0. The summed E-state index contributed by atoms with van der Waals surface area (Å²) in [5.74, 6) is 1.45. The van der Waals surface area contributed by atoms with E-state index in [0.717, 1.165) is 0 Å². The molecule has 0 aromatic rings. The fourth-order valence-electron chi connectivity index (χ4n) is 0.0223. The first-order valence-corrected chi connectivity index (χ1v) is 2.21. The maximum atomic E-state index is 9.13. The maximum Gasteiger partial charge on any atom is 0.177 e. The van der Waals surface area contributed by atoms with Crippen LogP contribution >= 0.6 is 22.6 Å². The third kappa shape index (κ3) is 3.96. The summed E-state index contributed by atoms with van der Waals surface area (Å²) < 4.78 is 1.48. The van der Waals surface area contributed by atoms with Gasteiger partial charge in [0, 0.05) is 4.08 Å². The van der Waals surface area contributed by atoms with E-state index in [0.29, 0.717) is 0 Å². The van der Waals surface area contributed by atoms with E-state index in [-0.39, 0.29) is 0 Å². The third-order valence-corrected chi connectivity index (χ3v) is 0.425. The summed E-state index contributed by atoms with van der Waals surface area (Å²) in [6.07, 6.45) is 0. The molecule has 0 aliphatic rings. The minimum Gasteiger partial charge on any atom is -0.224 e. The van der Waals surface area contributed by atoms with E-state index >= 15 is 0 Å². The summed E-state index contributed by atoms with van der Waals surface area (Å²) in [6, 6.07) is 0. The molecule has 0 bridgehead atoms. The molecule has 0 fully saturated rings. The lowest BCUT2D eigenvalue weighted by atomic mass is 11.0. The zero-order valence-electron chi connectivity index (χ0n) is 2.36. The van der Waals surface area contributed by atoms with Crippen molar-refractivity contribution in [1.82, 2.24) is 0 Å². The predicted molar refractivity (Wildman–Crippen MR) is 27.8 cm³/mol. The second-order valence-corrected chi connectivity index (χ2v) is 0.978. The normalized spacial score (nSPS) is 4.20. The molecule has 2 heteroatoms. The molecule has 0 saturated carbocycles. The quantitative estimate of drug-likeness (QED) is 0.307. The molecule has 0 aliphatic heterocycles. The molecule has 0 aromatic carbocycles. The maximum absolute atomic E-state index is 9.13. The average Bonchev–Trinajstić information content (AvgIpc) is 1.41. The van der Waals surface area contributed by atoms with Gasteiger partial charge in [-0.2, -0.15) is 0 Å². The predicted octanol–water partition coefficient (Wildman–Crippen LogP) is 0.922. The number of hydrogen-bond acceptors (Lipinski definition) is 1. The lowest BCUT2D eigenvalue weighted by Crippen LogP contribution is -1.27. The van der Waals surface area contributed by atoms with Gasteiger partial charge in [0.25, 0.3) is 0 Å². The van der Waals surface area contributed by atoms with Crippen molar-refractivity contribution in [3.05, 3.63) is 9.81 Å². The first-order valence-electron chi connectivity index (χ1n) is 0.961. The summed E-state index contributed by atoms with van der Waals surface area (Å²) in [5.41, 5.74) is 2.17. The van der Waals surface area contributed by atoms with Crippen LogP contribution in [-0.2, 0) is 4.79 Å². The number of rotatable bonds is 0. The van der Waals surface area contributed by atoms with Gasteiger partial charge >= 0.3 is 0 Å². The fourth-order valence-corrected chi connectivity index (χ4v) is 0.149. The Hall–Kier alpha value is -0.0400. The van der Waals surface area contributed by atoms with Gasteiger partial charge in [-0.3, -0.25) is 0 Å². The molecule has 0 heterocycles. The Morgan fingerprint density at radius 3 is 2.40 bits per heavy atom. The molecule has 0 atom stereocenters. The summed E-state index contributed by atoms with van der Waals surface area (Å²) in [5, 5.41) is 0. The smallest absolute Gasteiger partial charge is 0.177 e. The molecule has 0 amide bonds. The Kier molecular flexibility index (Phi) is 3.93. The number of carbonyl (C=O) groups excluding carboxylic acids is 1. The summed E-state index contributed by atoms with van der Waals surface area (Å²) in [7, 11) is 0. The van der Waals surface area contributed by atoms with E-state index < -0.39 is 0 Å². The SMILES string of the molecule is O=C=C=CI. The van der Waals surface area contributed by atoms with E-state index in [1.165, 1.54) is 10.0 Å². The van der Waals surface area contributed by atoms with Crippen LogP contribution in [0.15, 0.2) is 9.81 Å². The van der Waals surface area contributed by atoms with Crippen molar-refractivity contribution >= 4 is 28.5 Å². The average molecular weight is 180 g/mol. The Bertz CT molecular complexity index is 85.1. The van der Waals surface area contributed by atoms with Crippen molar-refractivity contribution in [1.29, 1.82) is 0 Å². The molecular weight excluding hydrogens is 179 g/mol. The molecule has 0 rings (SSSR count). The van der Waals surface area contributed by atoms with Crippen LogP contribution in [0.2, 0.25) is 0 Å². The van der Waals surface area contributed by atoms with Gasteiger partial charge in [0.15, 0.2) is 5.94 Å². The van der Waals surface area contributed by atoms with Crippen molar-refractivity contribution < 1.29 is 4.79 Å². The van der Waals surface area contributed by atoms with Crippen molar-refractivity contribution in [2.75, 3.05) is 0 Å². The van der Waals surface area contributed by atoms with Crippen molar-refractivity contribution in [2.45, 2.75) is 0 Å². The molecule has 0 aromatic heterocycles. The Morgan fingerprint density at radius 2 is 2.40 bits per heavy atom. The monoisotopic (exact) mass is 180 g/mol. The second-order valence-electron chi connectivity index (χ2n) is 0.356. The van der Waals surface area contributed by atoms with E-state index in [4.69, 9.17) is 4.79 Å². The highest BCUT2D eigenvalue weighted by molar-refractivity contribution is 14.1. The highest BCUT2D eigenvalue weighted by Crippen LogP contribution is 1.73. The first kappa shape index (κ1) is 4.96.